The molecule has 0 saturated heterocycles. The first-order chi connectivity index (χ1) is 7.45. The van der Waals surface area contributed by atoms with Gasteiger partial charge in [0.2, 0.25) is 0 Å². The van der Waals surface area contributed by atoms with Crippen LogP contribution in [0.2, 0.25) is 0 Å². The van der Waals surface area contributed by atoms with Gasteiger partial charge in [0.25, 0.3) is 0 Å². The first kappa shape index (κ1) is 14.7. The van der Waals surface area contributed by atoms with E-state index in [1.807, 2.05) is 0 Å². The fourth-order valence-electron chi connectivity index (χ4n) is 2.87. The molecule has 15 heavy (non-hydrogen) atoms. The Bertz CT molecular complexity index is 127. The maximum atomic E-state index is 4.83. The molecule has 0 spiro atoms. The monoisotopic (exact) mass is 435 g/mol. The van der Waals surface area contributed by atoms with Gasteiger partial charge in [0, 0.05) is 0 Å². The predicted molar refractivity (Wildman–Crippen MR) is 67.9 cm³/mol. The normalized spacial score (nSPS) is 24.5. The third-order valence-corrected chi connectivity index (χ3v) is 5.78. The Balaban J connectivity index is 0.000000531. The average molecular weight is 434 g/mol. The van der Waals surface area contributed by atoms with Gasteiger partial charge in [0.05, 0.1) is 0 Å². The summed E-state index contributed by atoms with van der Waals surface area (Å²) in [5.41, 5.74) is 2.30. The van der Waals surface area contributed by atoms with Crippen molar-refractivity contribution in [1.29, 1.82) is 0 Å². The molecule has 0 aromatic heterocycles. The van der Waals surface area contributed by atoms with Gasteiger partial charge in [-0.3, -0.25) is 0 Å². The van der Waals surface area contributed by atoms with E-state index in [4.69, 9.17) is 8.25 Å². The first-order valence-corrected chi connectivity index (χ1v) is 14.4. The molecule has 0 aromatic rings. The van der Waals surface area contributed by atoms with Crippen LogP contribution in [0.4, 0.5) is 0 Å². The standard InChI is InChI=1S/C12H23P.ClH.Hg/c1-3-7-11(8-4-1)13-12-9-5-2-6-10-12;;/h11-13H,1-10H2;1H;/q;;+1/p-1. The molecular formula is C12H23ClHgP. The molecule has 0 nitrogen and oxygen atoms in total. The van der Waals surface area contributed by atoms with Crippen LogP contribution >= 0.6 is 16.8 Å². The first-order valence-electron chi connectivity index (χ1n) is 6.48. The van der Waals surface area contributed by atoms with Crippen LogP contribution in [-0.2, 0) is 24.9 Å². The zero-order chi connectivity index (χ0) is 10.9. The number of hydrogen-bond acceptors (Lipinski definition) is 0. The molecular weight excluding hydrogens is 411 g/mol. The van der Waals surface area contributed by atoms with E-state index in [9.17, 15) is 0 Å². The molecule has 2 aliphatic rings. The summed E-state index contributed by atoms with van der Waals surface area (Å²) in [5, 5.41) is 0. The molecule has 0 atom stereocenters. The topological polar surface area (TPSA) is 0 Å². The van der Waals surface area contributed by atoms with Gasteiger partial charge < -0.3 is 0 Å². The van der Waals surface area contributed by atoms with Crippen LogP contribution in [0.3, 0.4) is 0 Å². The Hall–Kier alpha value is 1.66. The van der Waals surface area contributed by atoms with Crippen LogP contribution in [0.1, 0.15) is 64.2 Å². The van der Waals surface area contributed by atoms with Crippen molar-refractivity contribution in [2.75, 3.05) is 0 Å². The molecule has 0 heterocycles. The summed E-state index contributed by atoms with van der Waals surface area (Å²) in [6.07, 6.45) is 15.4. The summed E-state index contributed by atoms with van der Waals surface area (Å²) in [6.45, 7) is 0. The van der Waals surface area contributed by atoms with Gasteiger partial charge in [0.15, 0.2) is 0 Å². The van der Waals surface area contributed by atoms with Crippen molar-refractivity contribution in [1.82, 2.24) is 0 Å². The molecule has 0 unspecified atom stereocenters. The van der Waals surface area contributed by atoms with Crippen molar-refractivity contribution in [2.45, 2.75) is 75.5 Å². The summed E-state index contributed by atoms with van der Waals surface area (Å²) in [5.74, 6) is 0. The number of halogens is 1. The Labute approximate surface area is 117 Å². The van der Waals surface area contributed by atoms with Crippen molar-refractivity contribution in [3.8, 4) is 0 Å². The third kappa shape index (κ3) is 6.22. The summed E-state index contributed by atoms with van der Waals surface area (Å²) >= 11 is 0.500. The molecule has 85 valence electrons. The zero-order valence-corrected chi connectivity index (χ0v) is 17.1. The van der Waals surface area contributed by atoms with Crippen LogP contribution in [0.25, 0.3) is 0 Å². The molecule has 0 amide bonds. The Kier molecular flexibility index (Phi) is 9.48. The van der Waals surface area contributed by atoms with E-state index in [2.05, 4.69) is 0 Å². The Morgan fingerprint density at radius 3 is 1.33 bits per heavy atom. The SMILES string of the molecule is C1CCC(PC2CCCCC2)CC1.[Cl][Hg]. The molecule has 0 N–H and O–H groups in total. The summed E-state index contributed by atoms with van der Waals surface area (Å²) in [7, 11) is 6.16. The van der Waals surface area contributed by atoms with Gasteiger partial charge in [-0.05, 0) is 37.0 Å². The Morgan fingerprint density at radius 2 is 1.00 bits per heavy atom. The predicted octanol–water partition coefficient (Wildman–Crippen LogP) is 5.02. The van der Waals surface area contributed by atoms with Crippen LogP contribution in [0, 0.1) is 0 Å². The van der Waals surface area contributed by atoms with Crippen molar-refractivity contribution >= 4 is 16.8 Å². The molecule has 2 fully saturated rings. The fraction of sp³-hybridized carbons (Fsp3) is 1.00. The fourth-order valence-corrected chi connectivity index (χ4v) is 5.02. The molecule has 2 aliphatic carbocycles. The van der Waals surface area contributed by atoms with Crippen molar-refractivity contribution in [3.05, 3.63) is 0 Å². The number of rotatable bonds is 2. The van der Waals surface area contributed by atoms with Crippen LogP contribution in [0.5, 0.6) is 0 Å². The van der Waals surface area contributed by atoms with E-state index < -0.39 is 0 Å². The van der Waals surface area contributed by atoms with Gasteiger partial charge in [0.1, 0.15) is 0 Å². The second-order valence-corrected chi connectivity index (χ2v) is 6.80. The molecule has 3 heteroatoms. The van der Waals surface area contributed by atoms with E-state index in [0.717, 1.165) is 11.3 Å². The van der Waals surface area contributed by atoms with Crippen LogP contribution < -0.4 is 0 Å². The van der Waals surface area contributed by atoms with Crippen molar-refractivity contribution in [3.63, 3.8) is 0 Å². The molecule has 0 radical (unpaired) electrons. The van der Waals surface area contributed by atoms with Crippen LogP contribution in [0.15, 0.2) is 0 Å². The summed E-state index contributed by atoms with van der Waals surface area (Å²) in [4.78, 5) is 0. The van der Waals surface area contributed by atoms with Gasteiger partial charge in [-0.2, -0.15) is 0 Å². The molecule has 0 aromatic carbocycles. The third-order valence-electron chi connectivity index (χ3n) is 3.68. The van der Waals surface area contributed by atoms with E-state index in [1.54, 1.807) is 25.7 Å². The molecule has 2 rings (SSSR count). The second-order valence-electron chi connectivity index (χ2n) is 4.84. The van der Waals surface area contributed by atoms with E-state index in [-0.39, 0.29) is 0 Å². The van der Waals surface area contributed by atoms with E-state index in [1.165, 1.54) is 47.1 Å². The van der Waals surface area contributed by atoms with Gasteiger partial charge in [-0.15, -0.1) is 8.58 Å². The zero-order valence-electron chi connectivity index (χ0n) is 9.81. The average Bonchev–Trinajstić information content (AvgIpc) is 2.34. The van der Waals surface area contributed by atoms with Gasteiger partial charge in [-0.1, -0.05) is 38.5 Å². The minimum absolute atomic E-state index is 0.500. The van der Waals surface area contributed by atoms with Crippen LogP contribution in [-0.4, -0.2) is 11.3 Å². The summed E-state index contributed by atoms with van der Waals surface area (Å²) < 4.78 is 0. The van der Waals surface area contributed by atoms with Crippen molar-refractivity contribution in [2.24, 2.45) is 0 Å². The Morgan fingerprint density at radius 1 is 0.667 bits per heavy atom. The molecule has 0 aliphatic heterocycles. The van der Waals surface area contributed by atoms with E-state index >= 15 is 0 Å². The maximum absolute atomic E-state index is 4.83. The summed E-state index contributed by atoms with van der Waals surface area (Å²) in [6, 6.07) is 0. The van der Waals surface area contributed by atoms with Gasteiger partial charge in [-0.25, -0.2) is 0 Å². The van der Waals surface area contributed by atoms with Gasteiger partial charge >= 0.3 is 33.1 Å². The molecule has 0 bridgehead atoms. The minimum atomic E-state index is 0.500. The number of hydrogen-bond donors (Lipinski definition) is 0. The quantitative estimate of drug-likeness (QED) is 0.423. The van der Waals surface area contributed by atoms with E-state index in [0.29, 0.717) is 24.9 Å². The van der Waals surface area contributed by atoms with Crippen molar-refractivity contribution < 1.29 is 24.9 Å². The molecule has 2 saturated carbocycles. The second kappa shape index (κ2) is 9.66.